The zero-order valence-corrected chi connectivity index (χ0v) is 12.8. The molecule has 3 aromatic rings. The summed E-state index contributed by atoms with van der Waals surface area (Å²) in [5.74, 6) is 0. The van der Waals surface area contributed by atoms with Gasteiger partial charge in [0.15, 0.2) is 5.43 Å². The summed E-state index contributed by atoms with van der Waals surface area (Å²) in [7, 11) is 0. The Bertz CT molecular complexity index is 804. The predicted molar refractivity (Wildman–Crippen MR) is 89.0 cm³/mol. The van der Waals surface area contributed by atoms with Crippen LogP contribution in [0.2, 0.25) is 0 Å². The Balaban J connectivity index is 1.66. The lowest BCUT2D eigenvalue weighted by molar-refractivity contribution is 0.610. The molecule has 1 N–H and O–H groups in total. The molecule has 108 valence electrons. The van der Waals surface area contributed by atoms with Crippen molar-refractivity contribution in [3.8, 4) is 0 Å². The van der Waals surface area contributed by atoms with Gasteiger partial charge in [0.25, 0.3) is 0 Å². The first-order valence-corrected chi connectivity index (χ1v) is 7.90. The third kappa shape index (κ3) is 3.23. The number of thiophene rings is 1. The second-order valence-corrected chi connectivity index (χ2v) is 6.45. The van der Waals surface area contributed by atoms with E-state index in [1.165, 1.54) is 9.75 Å². The van der Waals surface area contributed by atoms with Crippen LogP contribution >= 0.6 is 11.3 Å². The van der Waals surface area contributed by atoms with Crippen LogP contribution in [0.15, 0.2) is 53.5 Å². The quantitative estimate of drug-likeness (QED) is 0.734. The van der Waals surface area contributed by atoms with E-state index in [1.54, 1.807) is 6.07 Å². The number of fused-ring (bicyclic) bond motifs is 1. The van der Waals surface area contributed by atoms with Crippen molar-refractivity contribution in [1.29, 1.82) is 0 Å². The molecule has 21 heavy (non-hydrogen) atoms. The minimum Gasteiger partial charge on any atom is -0.346 e. The number of para-hydroxylation sites is 1. The van der Waals surface area contributed by atoms with E-state index in [9.17, 15) is 4.79 Å². The van der Waals surface area contributed by atoms with E-state index in [2.05, 4.69) is 28.9 Å². The molecule has 0 aliphatic heterocycles. The third-order valence-corrected chi connectivity index (χ3v) is 4.51. The molecule has 3 rings (SSSR count). The zero-order valence-electron chi connectivity index (χ0n) is 12.0. The first kappa shape index (κ1) is 14.0. The average Bonchev–Trinajstić information content (AvgIpc) is 2.91. The summed E-state index contributed by atoms with van der Waals surface area (Å²) >= 11 is 1.83. The Hall–Kier alpha value is -1.91. The van der Waals surface area contributed by atoms with Crippen molar-refractivity contribution < 1.29 is 0 Å². The molecule has 0 saturated heterocycles. The van der Waals surface area contributed by atoms with Gasteiger partial charge in [-0.1, -0.05) is 12.1 Å². The fraction of sp³-hybridized carbons (Fsp3) is 0.235. The van der Waals surface area contributed by atoms with Crippen LogP contribution in [-0.4, -0.2) is 11.1 Å². The van der Waals surface area contributed by atoms with Gasteiger partial charge in [0.2, 0.25) is 0 Å². The molecule has 0 bridgehead atoms. The Morgan fingerprint density at radius 1 is 1.14 bits per heavy atom. The van der Waals surface area contributed by atoms with Gasteiger partial charge >= 0.3 is 0 Å². The highest BCUT2D eigenvalue weighted by Crippen LogP contribution is 2.14. The highest BCUT2D eigenvalue weighted by Gasteiger charge is 2.01. The van der Waals surface area contributed by atoms with Crippen LogP contribution in [0.25, 0.3) is 10.9 Å². The molecular weight excluding hydrogens is 280 g/mol. The number of aromatic nitrogens is 1. The molecule has 0 aliphatic rings. The Morgan fingerprint density at radius 3 is 2.81 bits per heavy atom. The fourth-order valence-electron chi connectivity index (χ4n) is 2.45. The van der Waals surface area contributed by atoms with Gasteiger partial charge in [0.1, 0.15) is 0 Å². The van der Waals surface area contributed by atoms with Gasteiger partial charge in [-0.25, -0.2) is 0 Å². The Morgan fingerprint density at radius 2 is 2.00 bits per heavy atom. The van der Waals surface area contributed by atoms with Crippen molar-refractivity contribution in [2.75, 3.05) is 6.54 Å². The van der Waals surface area contributed by atoms with E-state index < -0.39 is 0 Å². The summed E-state index contributed by atoms with van der Waals surface area (Å²) < 4.78 is 2.13. The number of hydrogen-bond donors (Lipinski definition) is 1. The SMILES string of the molecule is Cc1ccc(CNCCn2ccc(=O)c3ccccc32)s1. The second-order valence-electron chi connectivity index (χ2n) is 5.08. The van der Waals surface area contributed by atoms with Crippen LogP contribution < -0.4 is 10.7 Å². The number of benzene rings is 1. The third-order valence-electron chi connectivity index (χ3n) is 3.51. The molecule has 0 atom stereocenters. The van der Waals surface area contributed by atoms with Crippen LogP contribution in [0.5, 0.6) is 0 Å². The van der Waals surface area contributed by atoms with Crippen molar-refractivity contribution in [3.63, 3.8) is 0 Å². The van der Waals surface area contributed by atoms with Crippen LogP contribution in [0.3, 0.4) is 0 Å². The summed E-state index contributed by atoms with van der Waals surface area (Å²) in [5, 5.41) is 4.24. The smallest absolute Gasteiger partial charge is 0.189 e. The van der Waals surface area contributed by atoms with Crippen LogP contribution in [0.1, 0.15) is 9.75 Å². The lowest BCUT2D eigenvalue weighted by Gasteiger charge is -2.11. The van der Waals surface area contributed by atoms with Gasteiger partial charge in [-0.3, -0.25) is 4.79 Å². The molecule has 0 radical (unpaired) electrons. The molecule has 0 amide bonds. The monoisotopic (exact) mass is 298 g/mol. The van der Waals surface area contributed by atoms with Crippen molar-refractivity contribution in [3.05, 3.63) is 68.6 Å². The average molecular weight is 298 g/mol. The molecule has 2 aromatic heterocycles. The minimum atomic E-state index is 0.0869. The number of hydrogen-bond acceptors (Lipinski definition) is 3. The zero-order chi connectivity index (χ0) is 14.7. The number of nitrogens with zero attached hydrogens (tertiary/aromatic N) is 1. The number of nitrogens with one attached hydrogen (secondary N) is 1. The summed E-state index contributed by atoms with van der Waals surface area (Å²) in [6.45, 7) is 4.76. The molecule has 2 heterocycles. The van der Waals surface area contributed by atoms with Crippen LogP contribution in [-0.2, 0) is 13.1 Å². The van der Waals surface area contributed by atoms with E-state index in [4.69, 9.17) is 0 Å². The van der Waals surface area contributed by atoms with Crippen molar-refractivity contribution in [2.45, 2.75) is 20.0 Å². The minimum absolute atomic E-state index is 0.0869. The number of aryl methyl sites for hydroxylation is 1. The van der Waals surface area contributed by atoms with Gasteiger partial charge < -0.3 is 9.88 Å². The van der Waals surface area contributed by atoms with E-state index in [1.807, 2.05) is 41.8 Å². The standard InChI is InChI=1S/C17H18N2OS/c1-13-6-7-14(21-13)12-18-9-11-19-10-8-17(20)15-4-2-3-5-16(15)19/h2-8,10,18H,9,11-12H2,1H3. The van der Waals surface area contributed by atoms with Gasteiger partial charge in [0, 0.05) is 47.0 Å². The van der Waals surface area contributed by atoms with E-state index in [0.29, 0.717) is 0 Å². The van der Waals surface area contributed by atoms with E-state index >= 15 is 0 Å². The van der Waals surface area contributed by atoms with Crippen LogP contribution in [0, 0.1) is 6.92 Å². The van der Waals surface area contributed by atoms with E-state index in [0.717, 1.165) is 30.5 Å². The van der Waals surface area contributed by atoms with Gasteiger partial charge in [-0.15, -0.1) is 11.3 Å². The van der Waals surface area contributed by atoms with Crippen LogP contribution in [0.4, 0.5) is 0 Å². The molecule has 0 saturated carbocycles. The Labute approximate surface area is 127 Å². The molecular formula is C17H18N2OS. The normalized spacial score (nSPS) is 11.1. The predicted octanol–water partition coefficient (Wildman–Crippen LogP) is 3.16. The first-order chi connectivity index (χ1) is 10.2. The van der Waals surface area contributed by atoms with E-state index in [-0.39, 0.29) is 5.43 Å². The molecule has 3 nitrogen and oxygen atoms in total. The maximum Gasteiger partial charge on any atom is 0.189 e. The van der Waals surface area contributed by atoms with Crippen molar-refractivity contribution >= 4 is 22.2 Å². The summed E-state index contributed by atoms with van der Waals surface area (Å²) in [4.78, 5) is 14.5. The lowest BCUT2D eigenvalue weighted by Crippen LogP contribution is -2.20. The summed E-state index contributed by atoms with van der Waals surface area (Å²) in [6.07, 6.45) is 1.88. The van der Waals surface area contributed by atoms with Gasteiger partial charge in [-0.2, -0.15) is 0 Å². The molecule has 0 aliphatic carbocycles. The van der Waals surface area contributed by atoms with Crippen molar-refractivity contribution in [1.82, 2.24) is 9.88 Å². The highest BCUT2D eigenvalue weighted by molar-refractivity contribution is 7.11. The molecule has 0 spiro atoms. The molecule has 0 fully saturated rings. The second kappa shape index (κ2) is 6.24. The maximum atomic E-state index is 11.8. The topological polar surface area (TPSA) is 34.0 Å². The Kier molecular flexibility index (Phi) is 4.18. The summed E-state index contributed by atoms with van der Waals surface area (Å²) in [6, 6.07) is 13.7. The lowest BCUT2D eigenvalue weighted by atomic mass is 10.2. The summed E-state index contributed by atoms with van der Waals surface area (Å²) in [5.41, 5.74) is 1.09. The highest BCUT2D eigenvalue weighted by atomic mass is 32.1. The van der Waals surface area contributed by atoms with Crippen molar-refractivity contribution in [2.24, 2.45) is 0 Å². The first-order valence-electron chi connectivity index (χ1n) is 7.08. The fourth-order valence-corrected chi connectivity index (χ4v) is 3.31. The van der Waals surface area contributed by atoms with Gasteiger partial charge in [0.05, 0.1) is 5.52 Å². The molecule has 1 aromatic carbocycles. The largest absolute Gasteiger partial charge is 0.346 e. The molecule has 0 unspecified atom stereocenters. The van der Waals surface area contributed by atoms with Gasteiger partial charge in [-0.05, 0) is 31.2 Å². The maximum absolute atomic E-state index is 11.8. The number of pyridine rings is 1. The molecule has 4 heteroatoms. The number of rotatable bonds is 5.